The SMILES string of the molecule is Cc1nc(COc2ccc(C#N)cc2C(F)(F)F)sc1C. The molecule has 1 heterocycles. The largest absolute Gasteiger partial charge is 0.486 e. The quantitative estimate of drug-likeness (QED) is 0.852. The van der Waals surface area contributed by atoms with E-state index in [1.165, 1.54) is 17.4 Å². The second kappa shape index (κ2) is 5.74. The number of aromatic nitrogens is 1. The Hall–Kier alpha value is -2.07. The number of ether oxygens (including phenoxy) is 1. The Bertz CT molecular complexity index is 682. The number of benzene rings is 1. The van der Waals surface area contributed by atoms with Gasteiger partial charge in [-0.1, -0.05) is 0 Å². The van der Waals surface area contributed by atoms with E-state index in [-0.39, 0.29) is 17.9 Å². The van der Waals surface area contributed by atoms with Crippen molar-refractivity contribution in [2.24, 2.45) is 0 Å². The average Bonchev–Trinajstić information content (AvgIpc) is 2.74. The first-order chi connectivity index (χ1) is 9.81. The molecule has 0 spiro atoms. The maximum absolute atomic E-state index is 13.0. The van der Waals surface area contributed by atoms with Crippen molar-refractivity contribution in [2.75, 3.05) is 0 Å². The van der Waals surface area contributed by atoms with E-state index in [1.54, 1.807) is 6.07 Å². The highest BCUT2D eigenvalue weighted by Crippen LogP contribution is 2.37. The van der Waals surface area contributed by atoms with Gasteiger partial charge in [0, 0.05) is 4.88 Å². The third kappa shape index (κ3) is 3.52. The molecule has 110 valence electrons. The van der Waals surface area contributed by atoms with Gasteiger partial charge in [-0.25, -0.2) is 4.98 Å². The predicted molar refractivity (Wildman–Crippen MR) is 72.1 cm³/mol. The van der Waals surface area contributed by atoms with Crippen molar-refractivity contribution in [1.82, 2.24) is 4.98 Å². The van der Waals surface area contributed by atoms with Crippen molar-refractivity contribution in [1.29, 1.82) is 5.26 Å². The van der Waals surface area contributed by atoms with Crippen LogP contribution in [0.15, 0.2) is 18.2 Å². The van der Waals surface area contributed by atoms with Crippen LogP contribution in [0.1, 0.15) is 26.7 Å². The van der Waals surface area contributed by atoms with Crippen LogP contribution in [0.4, 0.5) is 13.2 Å². The fourth-order valence-electron chi connectivity index (χ4n) is 1.69. The summed E-state index contributed by atoms with van der Waals surface area (Å²) >= 11 is 1.38. The Morgan fingerprint density at radius 1 is 1.33 bits per heavy atom. The first-order valence-electron chi connectivity index (χ1n) is 5.98. The molecular weight excluding hydrogens is 301 g/mol. The third-order valence-corrected chi connectivity index (χ3v) is 3.88. The normalized spacial score (nSPS) is 11.2. The minimum Gasteiger partial charge on any atom is -0.486 e. The maximum Gasteiger partial charge on any atom is 0.420 e. The van der Waals surface area contributed by atoms with Gasteiger partial charge >= 0.3 is 6.18 Å². The molecule has 0 saturated heterocycles. The highest BCUT2D eigenvalue weighted by Gasteiger charge is 2.34. The minimum absolute atomic E-state index is 0.0334. The number of halogens is 3. The zero-order valence-corrected chi connectivity index (χ0v) is 12.1. The van der Waals surface area contributed by atoms with Gasteiger partial charge < -0.3 is 4.74 Å². The highest BCUT2D eigenvalue weighted by atomic mass is 32.1. The number of thiazole rings is 1. The van der Waals surface area contributed by atoms with Crippen LogP contribution in [0.3, 0.4) is 0 Å². The van der Waals surface area contributed by atoms with Gasteiger partial charge in [-0.15, -0.1) is 11.3 Å². The molecule has 0 aliphatic carbocycles. The van der Waals surface area contributed by atoms with Crippen molar-refractivity contribution in [3.05, 3.63) is 44.9 Å². The van der Waals surface area contributed by atoms with Gasteiger partial charge in [-0.2, -0.15) is 18.4 Å². The second-order valence-electron chi connectivity index (χ2n) is 4.36. The molecular formula is C14H11F3N2OS. The molecule has 3 nitrogen and oxygen atoms in total. The van der Waals surface area contributed by atoms with Gasteiger partial charge in [0.25, 0.3) is 0 Å². The van der Waals surface area contributed by atoms with Crippen LogP contribution >= 0.6 is 11.3 Å². The van der Waals surface area contributed by atoms with E-state index >= 15 is 0 Å². The number of rotatable bonds is 3. The summed E-state index contributed by atoms with van der Waals surface area (Å²) in [4.78, 5) is 5.21. The van der Waals surface area contributed by atoms with Crippen LogP contribution in [-0.2, 0) is 12.8 Å². The summed E-state index contributed by atoms with van der Waals surface area (Å²) in [6.07, 6.45) is -4.57. The molecule has 0 unspecified atom stereocenters. The van der Waals surface area contributed by atoms with Crippen LogP contribution < -0.4 is 4.74 Å². The molecule has 0 fully saturated rings. The number of nitrogens with zero attached hydrogens (tertiary/aromatic N) is 2. The molecule has 0 saturated carbocycles. The number of nitriles is 1. The summed E-state index contributed by atoms with van der Waals surface area (Å²) in [6, 6.07) is 4.93. The lowest BCUT2D eigenvalue weighted by Gasteiger charge is -2.13. The Morgan fingerprint density at radius 3 is 2.57 bits per heavy atom. The van der Waals surface area contributed by atoms with Crippen molar-refractivity contribution in [3.63, 3.8) is 0 Å². The van der Waals surface area contributed by atoms with Crippen LogP contribution in [0, 0.1) is 25.2 Å². The van der Waals surface area contributed by atoms with Crippen molar-refractivity contribution >= 4 is 11.3 Å². The highest BCUT2D eigenvalue weighted by molar-refractivity contribution is 7.11. The molecule has 21 heavy (non-hydrogen) atoms. The molecule has 0 bridgehead atoms. The number of alkyl halides is 3. The number of aryl methyl sites for hydroxylation is 2. The van der Waals surface area contributed by atoms with Gasteiger partial charge in [0.1, 0.15) is 17.4 Å². The predicted octanol–water partition coefficient (Wildman–Crippen LogP) is 4.23. The Kier molecular flexibility index (Phi) is 4.19. The molecule has 0 radical (unpaired) electrons. The van der Waals surface area contributed by atoms with E-state index in [0.717, 1.165) is 22.7 Å². The lowest BCUT2D eigenvalue weighted by Crippen LogP contribution is -2.09. The fourth-order valence-corrected chi connectivity index (χ4v) is 2.53. The van der Waals surface area contributed by atoms with Crippen molar-refractivity contribution in [2.45, 2.75) is 26.6 Å². The molecule has 2 aromatic rings. The van der Waals surface area contributed by atoms with E-state index in [1.807, 2.05) is 13.8 Å². The average molecular weight is 312 g/mol. The zero-order chi connectivity index (χ0) is 15.6. The summed E-state index contributed by atoms with van der Waals surface area (Å²) in [7, 11) is 0. The Labute approximate surface area is 123 Å². The topological polar surface area (TPSA) is 45.9 Å². The summed E-state index contributed by atoms with van der Waals surface area (Å²) in [5.74, 6) is -0.299. The van der Waals surface area contributed by atoms with Crippen LogP contribution in [0.2, 0.25) is 0 Å². The molecule has 0 atom stereocenters. The Morgan fingerprint density at radius 2 is 2.05 bits per heavy atom. The molecule has 0 N–H and O–H groups in total. The molecule has 0 aliphatic heterocycles. The van der Waals surface area contributed by atoms with E-state index in [0.29, 0.717) is 5.01 Å². The summed E-state index contributed by atoms with van der Waals surface area (Å²) in [5.41, 5.74) is -0.170. The molecule has 1 aromatic carbocycles. The molecule has 1 aromatic heterocycles. The van der Waals surface area contributed by atoms with Crippen LogP contribution in [0.25, 0.3) is 0 Å². The van der Waals surface area contributed by atoms with Gasteiger partial charge in [0.15, 0.2) is 0 Å². The van der Waals surface area contributed by atoms with Gasteiger partial charge in [0.2, 0.25) is 0 Å². The first-order valence-corrected chi connectivity index (χ1v) is 6.80. The smallest absolute Gasteiger partial charge is 0.420 e. The minimum atomic E-state index is -4.57. The standard InChI is InChI=1S/C14H11F3N2OS/c1-8-9(2)21-13(19-8)7-20-12-4-3-10(6-18)5-11(12)14(15,16)17/h3-5H,7H2,1-2H3. The number of hydrogen-bond acceptors (Lipinski definition) is 4. The van der Waals surface area contributed by atoms with Gasteiger partial charge in [-0.3, -0.25) is 0 Å². The van der Waals surface area contributed by atoms with Crippen LogP contribution in [0.5, 0.6) is 5.75 Å². The van der Waals surface area contributed by atoms with Gasteiger partial charge in [0.05, 0.1) is 22.9 Å². The fraction of sp³-hybridized carbons (Fsp3) is 0.286. The zero-order valence-electron chi connectivity index (χ0n) is 11.3. The lowest BCUT2D eigenvalue weighted by molar-refractivity contribution is -0.139. The maximum atomic E-state index is 13.0. The van der Waals surface area contributed by atoms with E-state index in [9.17, 15) is 13.2 Å². The second-order valence-corrected chi connectivity index (χ2v) is 5.65. The van der Waals surface area contributed by atoms with E-state index in [2.05, 4.69) is 4.98 Å². The lowest BCUT2D eigenvalue weighted by atomic mass is 10.1. The molecule has 7 heteroatoms. The van der Waals surface area contributed by atoms with Gasteiger partial charge in [-0.05, 0) is 32.0 Å². The van der Waals surface area contributed by atoms with Crippen LogP contribution in [-0.4, -0.2) is 4.98 Å². The Balaban J connectivity index is 2.25. The molecule has 0 amide bonds. The van der Waals surface area contributed by atoms with E-state index < -0.39 is 11.7 Å². The summed E-state index contributed by atoms with van der Waals surface area (Å²) < 4.78 is 44.1. The van der Waals surface area contributed by atoms with E-state index in [4.69, 9.17) is 10.00 Å². The summed E-state index contributed by atoms with van der Waals surface area (Å²) in [5, 5.41) is 9.31. The first kappa shape index (κ1) is 15.3. The summed E-state index contributed by atoms with van der Waals surface area (Å²) in [6.45, 7) is 3.69. The van der Waals surface area contributed by atoms with Crippen molar-refractivity contribution in [3.8, 4) is 11.8 Å². The molecule has 0 aliphatic rings. The number of hydrogen-bond donors (Lipinski definition) is 0. The molecule has 2 rings (SSSR count). The monoisotopic (exact) mass is 312 g/mol. The van der Waals surface area contributed by atoms with Crippen molar-refractivity contribution < 1.29 is 17.9 Å². The third-order valence-electron chi connectivity index (χ3n) is 2.84.